The number of hydrogen-bond donors (Lipinski definition) is 0. The first-order chi connectivity index (χ1) is 8.84. The predicted molar refractivity (Wildman–Crippen MR) is 70.0 cm³/mol. The van der Waals surface area contributed by atoms with Crippen LogP contribution in [0, 0.1) is 0 Å². The van der Waals surface area contributed by atoms with Crippen molar-refractivity contribution in [3.05, 3.63) is 65.7 Å². The molecule has 0 spiro atoms. The highest BCUT2D eigenvalue weighted by atomic mass is 16.1. The molecule has 1 radical (unpaired) electrons. The van der Waals surface area contributed by atoms with Gasteiger partial charge in [-0.05, 0) is 11.6 Å². The Bertz CT molecular complexity index is 605. The summed E-state index contributed by atoms with van der Waals surface area (Å²) in [7, 11) is 0. The number of fused-ring (bicyclic) bond motifs is 1. The Labute approximate surface area is 105 Å². The zero-order valence-corrected chi connectivity index (χ0v) is 9.65. The lowest BCUT2D eigenvalue weighted by molar-refractivity contribution is -0.113. The molecule has 0 aliphatic carbocycles. The fraction of sp³-hybridized carbons (Fsp3) is 0.0667. The van der Waals surface area contributed by atoms with Crippen molar-refractivity contribution in [1.82, 2.24) is 5.32 Å². The zero-order chi connectivity index (χ0) is 12.4. The molecule has 18 heavy (non-hydrogen) atoms. The van der Waals surface area contributed by atoms with Crippen LogP contribution >= 0.6 is 0 Å². The lowest BCUT2D eigenvalue weighted by Gasteiger charge is -2.13. The molecule has 0 saturated carbocycles. The number of carbonyl (C=O) groups excluding carboxylic acids is 1. The largest absolute Gasteiger partial charge is 0.288 e. The highest BCUT2D eigenvalue weighted by Gasteiger charge is 2.20. The van der Waals surface area contributed by atoms with Crippen LogP contribution in [0.1, 0.15) is 17.2 Å². The van der Waals surface area contributed by atoms with Crippen LogP contribution in [0.25, 0.3) is 0 Å². The first kappa shape index (κ1) is 10.7. The van der Waals surface area contributed by atoms with Crippen molar-refractivity contribution in [2.75, 3.05) is 0 Å². The predicted octanol–water partition coefficient (Wildman–Crippen LogP) is 2.62. The van der Waals surface area contributed by atoms with Gasteiger partial charge in [0, 0.05) is 5.56 Å². The number of amides is 1. The smallest absolute Gasteiger partial charge is 0.274 e. The molecule has 1 amide bonds. The number of rotatable bonds is 1. The molecular formula is C15H11N2O. The fourth-order valence-electron chi connectivity index (χ4n) is 2.09. The third-order valence-corrected chi connectivity index (χ3v) is 2.91. The Morgan fingerprint density at radius 3 is 2.44 bits per heavy atom. The molecule has 1 atom stereocenters. The lowest BCUT2D eigenvalue weighted by atomic mass is 9.98. The van der Waals surface area contributed by atoms with Crippen LogP contribution in [0.3, 0.4) is 0 Å². The Hall–Kier alpha value is -2.42. The van der Waals surface area contributed by atoms with Crippen LogP contribution < -0.4 is 5.32 Å². The monoisotopic (exact) mass is 235 g/mol. The summed E-state index contributed by atoms with van der Waals surface area (Å²) in [6.45, 7) is 0. The van der Waals surface area contributed by atoms with Crippen LogP contribution in [0.5, 0.6) is 0 Å². The van der Waals surface area contributed by atoms with Crippen LogP contribution in [0.2, 0.25) is 0 Å². The third kappa shape index (κ3) is 1.91. The van der Waals surface area contributed by atoms with Crippen molar-refractivity contribution in [1.29, 1.82) is 0 Å². The molecule has 3 heteroatoms. The van der Waals surface area contributed by atoms with E-state index in [-0.39, 0.29) is 11.9 Å². The van der Waals surface area contributed by atoms with E-state index in [0.717, 1.165) is 11.1 Å². The molecule has 3 nitrogen and oxygen atoms in total. The highest BCUT2D eigenvalue weighted by molar-refractivity contribution is 6.27. The second-order valence-corrected chi connectivity index (χ2v) is 4.10. The molecule has 1 aliphatic heterocycles. The minimum atomic E-state index is -0.305. The van der Waals surface area contributed by atoms with Gasteiger partial charge >= 0.3 is 0 Å². The maximum absolute atomic E-state index is 11.5. The van der Waals surface area contributed by atoms with E-state index in [1.165, 1.54) is 6.21 Å². The maximum atomic E-state index is 11.5. The van der Waals surface area contributed by atoms with Gasteiger partial charge in [0.2, 0.25) is 0 Å². The highest BCUT2D eigenvalue weighted by Crippen LogP contribution is 2.32. The van der Waals surface area contributed by atoms with E-state index >= 15 is 0 Å². The zero-order valence-electron chi connectivity index (χ0n) is 9.65. The van der Waals surface area contributed by atoms with Gasteiger partial charge in [-0.25, -0.2) is 5.32 Å². The van der Waals surface area contributed by atoms with Crippen molar-refractivity contribution in [2.24, 2.45) is 4.99 Å². The van der Waals surface area contributed by atoms with Crippen LogP contribution in [0.15, 0.2) is 59.6 Å². The average Bonchev–Trinajstić information content (AvgIpc) is 2.58. The topological polar surface area (TPSA) is 43.5 Å². The summed E-state index contributed by atoms with van der Waals surface area (Å²) < 4.78 is 0. The summed E-state index contributed by atoms with van der Waals surface area (Å²) in [5.41, 5.74) is 2.73. The van der Waals surface area contributed by atoms with E-state index in [1.54, 1.807) is 0 Å². The molecule has 1 heterocycles. The van der Waals surface area contributed by atoms with E-state index in [0.29, 0.717) is 5.69 Å². The number of para-hydroxylation sites is 1. The molecule has 2 aromatic rings. The van der Waals surface area contributed by atoms with Gasteiger partial charge in [-0.15, -0.1) is 0 Å². The van der Waals surface area contributed by atoms with Crippen LogP contribution in [0.4, 0.5) is 5.69 Å². The van der Waals surface area contributed by atoms with E-state index in [9.17, 15) is 4.79 Å². The first-order valence-electron chi connectivity index (χ1n) is 5.77. The second kappa shape index (κ2) is 4.45. The number of hydrogen-bond acceptors (Lipinski definition) is 2. The normalized spacial score (nSPS) is 17.8. The molecule has 0 bridgehead atoms. The average molecular weight is 235 g/mol. The third-order valence-electron chi connectivity index (χ3n) is 2.91. The lowest BCUT2D eigenvalue weighted by Crippen LogP contribution is -2.10. The van der Waals surface area contributed by atoms with Crippen LogP contribution in [-0.2, 0) is 4.79 Å². The fourth-order valence-corrected chi connectivity index (χ4v) is 2.09. The van der Waals surface area contributed by atoms with Gasteiger partial charge < -0.3 is 0 Å². The van der Waals surface area contributed by atoms with Crippen molar-refractivity contribution in [2.45, 2.75) is 6.04 Å². The molecule has 1 unspecified atom stereocenters. The van der Waals surface area contributed by atoms with E-state index < -0.39 is 0 Å². The number of carbonyl (C=O) groups is 1. The van der Waals surface area contributed by atoms with Gasteiger partial charge in [0.1, 0.15) is 6.04 Å². The molecule has 0 fully saturated rings. The van der Waals surface area contributed by atoms with Crippen molar-refractivity contribution >= 4 is 17.8 Å². The van der Waals surface area contributed by atoms with Crippen molar-refractivity contribution < 1.29 is 4.79 Å². The molecule has 0 saturated heterocycles. The van der Waals surface area contributed by atoms with Crippen molar-refractivity contribution in [3.8, 4) is 0 Å². The van der Waals surface area contributed by atoms with Gasteiger partial charge in [0.25, 0.3) is 5.91 Å². The van der Waals surface area contributed by atoms with Gasteiger partial charge in [0.05, 0.1) is 11.9 Å². The molecule has 3 rings (SSSR count). The molecule has 0 aromatic heterocycles. The standard InChI is InChI=1S/C15H11N2O/c18-14-10-16-15(11-6-2-1-3-7-11)12-8-4-5-9-13(12)17-14/h1-10,15H. The quantitative estimate of drug-likeness (QED) is 0.749. The summed E-state index contributed by atoms with van der Waals surface area (Å²) >= 11 is 0. The Kier molecular flexibility index (Phi) is 2.65. The summed E-state index contributed by atoms with van der Waals surface area (Å²) in [4.78, 5) is 15.9. The van der Waals surface area contributed by atoms with Gasteiger partial charge in [-0.2, -0.15) is 0 Å². The van der Waals surface area contributed by atoms with E-state index in [1.807, 2.05) is 54.6 Å². The number of aliphatic imine (C=N–C) groups is 1. The first-order valence-corrected chi connectivity index (χ1v) is 5.77. The van der Waals surface area contributed by atoms with Crippen LogP contribution in [-0.4, -0.2) is 12.1 Å². The van der Waals surface area contributed by atoms with Gasteiger partial charge in [-0.1, -0.05) is 48.5 Å². The Morgan fingerprint density at radius 2 is 1.61 bits per heavy atom. The van der Waals surface area contributed by atoms with Gasteiger partial charge in [0.15, 0.2) is 0 Å². The van der Waals surface area contributed by atoms with E-state index in [4.69, 9.17) is 0 Å². The minimum absolute atomic E-state index is 0.155. The second-order valence-electron chi connectivity index (χ2n) is 4.10. The molecule has 1 aliphatic rings. The Morgan fingerprint density at radius 1 is 0.889 bits per heavy atom. The van der Waals surface area contributed by atoms with Gasteiger partial charge in [-0.3, -0.25) is 9.79 Å². The molecule has 87 valence electrons. The molecule has 0 N–H and O–H groups in total. The summed E-state index contributed by atoms with van der Waals surface area (Å²) in [6.07, 6.45) is 1.30. The molecular weight excluding hydrogens is 224 g/mol. The summed E-state index contributed by atoms with van der Waals surface area (Å²) in [6, 6.07) is 17.4. The minimum Gasteiger partial charge on any atom is -0.274 e. The van der Waals surface area contributed by atoms with E-state index in [2.05, 4.69) is 10.3 Å². The SMILES string of the molecule is O=C1C=NC(c2ccccc2)c2ccccc2[N]1. The summed E-state index contributed by atoms with van der Waals surface area (Å²) in [5, 5.41) is 4.03. The Balaban J connectivity index is 2.14. The number of benzene rings is 2. The summed E-state index contributed by atoms with van der Waals surface area (Å²) in [5.74, 6) is -0.305. The molecule has 2 aromatic carbocycles. The van der Waals surface area contributed by atoms with Crippen molar-refractivity contribution in [3.63, 3.8) is 0 Å². The maximum Gasteiger partial charge on any atom is 0.288 e. The number of nitrogens with zero attached hydrogens (tertiary/aromatic N) is 2.